The van der Waals surface area contributed by atoms with Crippen molar-refractivity contribution in [3.8, 4) is 5.75 Å². The summed E-state index contributed by atoms with van der Waals surface area (Å²) in [6.45, 7) is 3.84. The summed E-state index contributed by atoms with van der Waals surface area (Å²) in [5, 5.41) is 14.3. The summed E-state index contributed by atoms with van der Waals surface area (Å²) in [5.41, 5.74) is 4.16. The zero-order valence-corrected chi connectivity index (χ0v) is 18.3. The van der Waals surface area contributed by atoms with E-state index in [4.69, 9.17) is 4.74 Å². The summed E-state index contributed by atoms with van der Waals surface area (Å²) in [7, 11) is 0. The van der Waals surface area contributed by atoms with Crippen LogP contribution in [-0.2, 0) is 19.5 Å². The highest BCUT2D eigenvalue weighted by molar-refractivity contribution is 5.80. The third-order valence-electron chi connectivity index (χ3n) is 7.27. The van der Waals surface area contributed by atoms with Crippen LogP contribution in [0.3, 0.4) is 0 Å². The molecule has 3 aliphatic heterocycles. The number of hydrogen-bond donors (Lipinski definition) is 2. The number of aliphatic hydroxyl groups excluding tert-OH is 1. The maximum atomic E-state index is 14.7. The smallest absolute Gasteiger partial charge is 0.251 e. The maximum Gasteiger partial charge on any atom is 0.251 e. The number of hydrogen-bond acceptors (Lipinski definition) is 6. The van der Waals surface area contributed by atoms with Gasteiger partial charge in [0.2, 0.25) is 0 Å². The molecule has 7 nitrogen and oxygen atoms in total. The lowest BCUT2D eigenvalue weighted by Crippen LogP contribution is -2.53. The molecule has 2 N–H and O–H groups in total. The van der Waals surface area contributed by atoms with Crippen LogP contribution < -0.4 is 15.6 Å². The number of likely N-dealkylation sites (tertiary alicyclic amines) is 1. The molecule has 33 heavy (non-hydrogen) atoms. The Morgan fingerprint density at radius 3 is 3.03 bits per heavy atom. The zero-order valence-electron chi connectivity index (χ0n) is 18.3. The average molecular weight is 451 g/mol. The third kappa shape index (κ3) is 3.72. The Morgan fingerprint density at radius 1 is 1.24 bits per heavy atom. The van der Waals surface area contributed by atoms with Crippen LogP contribution in [0.15, 0.2) is 41.3 Å². The second-order valence-electron chi connectivity index (χ2n) is 9.38. The van der Waals surface area contributed by atoms with Crippen LogP contribution in [0, 0.1) is 5.82 Å². The first kappa shape index (κ1) is 20.8. The van der Waals surface area contributed by atoms with Gasteiger partial charge in [-0.15, -0.1) is 0 Å². The molecule has 1 unspecified atom stereocenters. The molecule has 8 heteroatoms. The summed E-state index contributed by atoms with van der Waals surface area (Å²) in [5.74, 6) is 0.489. The number of benzene rings is 1. The van der Waals surface area contributed by atoms with Crippen LogP contribution in [0.2, 0.25) is 0 Å². The highest BCUT2D eigenvalue weighted by Crippen LogP contribution is 2.34. The summed E-state index contributed by atoms with van der Waals surface area (Å²) >= 11 is 0. The van der Waals surface area contributed by atoms with Gasteiger partial charge in [0, 0.05) is 56.2 Å². The van der Waals surface area contributed by atoms with Crippen molar-refractivity contribution in [2.75, 3.05) is 26.2 Å². The van der Waals surface area contributed by atoms with Crippen LogP contribution in [0.4, 0.5) is 4.39 Å². The average Bonchev–Trinajstić information content (AvgIpc) is 3.43. The van der Waals surface area contributed by atoms with Gasteiger partial charge in [0.1, 0.15) is 11.6 Å². The summed E-state index contributed by atoms with van der Waals surface area (Å²) < 4.78 is 21.9. The van der Waals surface area contributed by atoms with Crippen LogP contribution in [0.1, 0.15) is 29.0 Å². The van der Waals surface area contributed by atoms with Gasteiger partial charge in [-0.05, 0) is 36.2 Å². The van der Waals surface area contributed by atoms with Crippen LogP contribution >= 0.6 is 0 Å². The largest absolute Gasteiger partial charge is 0.493 e. The van der Waals surface area contributed by atoms with Crippen molar-refractivity contribution in [1.29, 1.82) is 0 Å². The molecule has 2 aromatic heterocycles. The van der Waals surface area contributed by atoms with Gasteiger partial charge in [0.25, 0.3) is 5.56 Å². The SMILES string of the molecule is O=c1ccc2ncc(F)c3c2n1CC3CN1CC[C@H](NCc2ccc3c(c2)CCO3)[C@H](O)C1. The molecule has 0 aliphatic carbocycles. The first-order valence-corrected chi connectivity index (χ1v) is 11.6. The van der Waals surface area contributed by atoms with Crippen molar-refractivity contribution in [3.05, 3.63) is 69.4 Å². The van der Waals surface area contributed by atoms with Gasteiger partial charge < -0.3 is 19.7 Å². The van der Waals surface area contributed by atoms with Gasteiger partial charge in [0.15, 0.2) is 0 Å². The Kier molecular flexibility index (Phi) is 5.16. The molecule has 172 valence electrons. The van der Waals surface area contributed by atoms with E-state index in [0.717, 1.165) is 31.7 Å². The van der Waals surface area contributed by atoms with Crippen molar-refractivity contribution in [1.82, 2.24) is 19.8 Å². The molecular formula is C25H27FN4O3. The fourth-order valence-electron chi connectivity index (χ4n) is 5.61. The summed E-state index contributed by atoms with van der Waals surface area (Å²) in [6.07, 6.45) is 2.50. The van der Waals surface area contributed by atoms with E-state index in [1.165, 1.54) is 23.4 Å². The number of rotatable bonds is 5. The second-order valence-corrected chi connectivity index (χ2v) is 9.38. The van der Waals surface area contributed by atoms with Gasteiger partial charge in [0.05, 0.1) is 29.9 Å². The Bertz CT molecular complexity index is 1280. The number of aromatic nitrogens is 2. The van der Waals surface area contributed by atoms with Gasteiger partial charge in [-0.1, -0.05) is 12.1 Å². The molecule has 1 aromatic carbocycles. The molecule has 0 amide bonds. The number of aliphatic hydroxyl groups is 1. The lowest BCUT2D eigenvalue weighted by atomic mass is 9.96. The highest BCUT2D eigenvalue weighted by atomic mass is 19.1. The second kappa shape index (κ2) is 8.20. The van der Waals surface area contributed by atoms with E-state index in [0.29, 0.717) is 42.8 Å². The monoisotopic (exact) mass is 450 g/mol. The molecule has 0 bridgehead atoms. The number of nitrogens with one attached hydrogen (secondary N) is 1. The van der Waals surface area contributed by atoms with Crippen molar-refractivity contribution in [3.63, 3.8) is 0 Å². The van der Waals surface area contributed by atoms with Gasteiger partial charge in [-0.3, -0.25) is 14.7 Å². The van der Waals surface area contributed by atoms with Gasteiger partial charge in [-0.2, -0.15) is 0 Å². The first-order chi connectivity index (χ1) is 16.1. The van der Waals surface area contributed by atoms with E-state index in [2.05, 4.69) is 27.3 Å². The number of β-amino-alcohol motifs (C(OH)–C–C–N with tert-alkyl or cyclic N) is 1. The van der Waals surface area contributed by atoms with Crippen LogP contribution in [-0.4, -0.2) is 57.9 Å². The maximum absolute atomic E-state index is 14.7. The normalized spacial score (nSPS) is 24.2. The van der Waals surface area contributed by atoms with E-state index < -0.39 is 6.10 Å². The molecule has 1 fully saturated rings. The minimum atomic E-state index is -0.509. The molecule has 0 saturated carbocycles. The number of fused-ring (bicyclic) bond motifs is 1. The molecule has 5 heterocycles. The Balaban J connectivity index is 1.10. The Morgan fingerprint density at radius 2 is 2.15 bits per heavy atom. The number of piperidine rings is 1. The van der Waals surface area contributed by atoms with Gasteiger partial charge in [-0.25, -0.2) is 4.39 Å². The number of nitrogens with zero attached hydrogens (tertiary/aromatic N) is 3. The topological polar surface area (TPSA) is 79.6 Å². The molecule has 3 atom stereocenters. The lowest BCUT2D eigenvalue weighted by molar-refractivity contribution is 0.0368. The molecule has 3 aromatic rings. The molecule has 3 aliphatic rings. The number of pyridine rings is 2. The number of halogens is 1. The molecule has 1 saturated heterocycles. The fourth-order valence-corrected chi connectivity index (χ4v) is 5.61. The van der Waals surface area contributed by atoms with Crippen molar-refractivity contribution in [2.45, 2.75) is 44.0 Å². The van der Waals surface area contributed by atoms with Crippen molar-refractivity contribution < 1.29 is 14.2 Å². The molecule has 6 rings (SSSR count). The van der Waals surface area contributed by atoms with E-state index >= 15 is 0 Å². The minimum Gasteiger partial charge on any atom is -0.493 e. The van der Waals surface area contributed by atoms with Crippen molar-refractivity contribution in [2.24, 2.45) is 0 Å². The zero-order chi connectivity index (χ0) is 22.5. The lowest BCUT2D eigenvalue weighted by Gasteiger charge is -2.37. The van der Waals surface area contributed by atoms with Crippen LogP contribution in [0.25, 0.3) is 11.0 Å². The number of ether oxygens (including phenoxy) is 1. The minimum absolute atomic E-state index is 0.0125. The Labute approximate surface area is 190 Å². The Hall–Kier alpha value is -2.81. The summed E-state index contributed by atoms with van der Waals surface area (Å²) in [4.78, 5) is 18.7. The first-order valence-electron chi connectivity index (χ1n) is 11.6. The molecular weight excluding hydrogens is 423 g/mol. The quantitative estimate of drug-likeness (QED) is 0.617. The predicted octanol–water partition coefficient (Wildman–Crippen LogP) is 1.79. The van der Waals surface area contributed by atoms with E-state index in [1.807, 2.05) is 6.07 Å². The summed E-state index contributed by atoms with van der Waals surface area (Å²) in [6, 6.07) is 9.45. The van der Waals surface area contributed by atoms with E-state index in [9.17, 15) is 14.3 Å². The van der Waals surface area contributed by atoms with E-state index in [1.54, 1.807) is 10.6 Å². The predicted molar refractivity (Wildman–Crippen MR) is 122 cm³/mol. The third-order valence-corrected chi connectivity index (χ3v) is 7.27. The van der Waals surface area contributed by atoms with Crippen LogP contribution in [0.5, 0.6) is 5.75 Å². The van der Waals surface area contributed by atoms with E-state index in [-0.39, 0.29) is 23.3 Å². The fraction of sp³-hybridized carbons (Fsp3) is 0.440. The van der Waals surface area contributed by atoms with Gasteiger partial charge >= 0.3 is 0 Å². The van der Waals surface area contributed by atoms with Crippen molar-refractivity contribution >= 4 is 11.0 Å². The highest BCUT2D eigenvalue weighted by Gasteiger charge is 2.33. The molecule has 0 spiro atoms. The standard InChI is InChI=1S/C25H27FN4O3/c26-18-11-28-20-2-4-23(32)30-13-17(24(18)25(20)30)12-29-7-5-19(21(31)14-29)27-10-15-1-3-22-16(9-15)6-8-33-22/h1-4,9,11,17,19,21,27,31H,5-8,10,12-14H2/t17?,19-,21+/m0/s1. The molecule has 0 radical (unpaired) electrons.